The maximum absolute atomic E-state index is 2.49. The summed E-state index contributed by atoms with van der Waals surface area (Å²) in [4.78, 5) is 2.39. The van der Waals surface area contributed by atoms with E-state index in [4.69, 9.17) is 0 Å². The van der Waals surface area contributed by atoms with Gasteiger partial charge in [-0.15, -0.1) is 11.3 Å². The first kappa shape index (κ1) is 40.3. The van der Waals surface area contributed by atoms with E-state index in [9.17, 15) is 0 Å². The molecule has 0 atom stereocenters. The fraction of sp³-hybridized carbons (Fsp3) is 0.0149. The second kappa shape index (κ2) is 16.2. The molecule has 11 aromatic carbocycles. The highest BCUT2D eigenvalue weighted by atomic mass is 32.1. The predicted molar refractivity (Wildman–Crippen MR) is 297 cm³/mol. The first-order valence-electron chi connectivity index (χ1n) is 24.1. The molecular weight excluding hydrogens is 865 g/mol. The van der Waals surface area contributed by atoms with E-state index in [1.165, 1.54) is 97.6 Å². The second-order valence-corrected chi connectivity index (χ2v) is 19.5. The van der Waals surface area contributed by atoms with Gasteiger partial charge >= 0.3 is 0 Å². The predicted octanol–water partition coefficient (Wildman–Crippen LogP) is 18.3. The molecule has 2 nitrogen and oxygen atoms in total. The van der Waals surface area contributed by atoms with Gasteiger partial charge in [0, 0.05) is 53.7 Å². The lowest BCUT2D eigenvalue weighted by Gasteiger charge is -2.34. The first-order valence-corrected chi connectivity index (χ1v) is 24.9. The molecule has 1 aliphatic carbocycles. The Balaban J connectivity index is 0.925. The van der Waals surface area contributed by atoms with Crippen molar-refractivity contribution in [3.05, 3.63) is 289 Å². The summed E-state index contributed by atoms with van der Waals surface area (Å²) in [5.41, 5.74) is 18.9. The van der Waals surface area contributed by atoms with E-state index >= 15 is 0 Å². The van der Waals surface area contributed by atoms with Crippen LogP contribution in [0.15, 0.2) is 267 Å². The largest absolute Gasteiger partial charge is 0.310 e. The molecular formula is C67H44N2S. The lowest BCUT2D eigenvalue weighted by Crippen LogP contribution is -2.28. The summed E-state index contributed by atoms with van der Waals surface area (Å²) >= 11 is 1.85. The first-order chi connectivity index (χ1) is 34.7. The van der Waals surface area contributed by atoms with Crippen LogP contribution in [0.3, 0.4) is 0 Å². The quantitative estimate of drug-likeness (QED) is 0.147. The molecule has 70 heavy (non-hydrogen) atoms. The average Bonchev–Trinajstić information content (AvgIpc) is 4.08. The zero-order chi connectivity index (χ0) is 46.2. The van der Waals surface area contributed by atoms with Gasteiger partial charge in [0.25, 0.3) is 0 Å². The summed E-state index contributed by atoms with van der Waals surface area (Å²) in [6, 6.07) is 98.6. The van der Waals surface area contributed by atoms with Gasteiger partial charge in [0.1, 0.15) is 0 Å². The van der Waals surface area contributed by atoms with E-state index in [1.54, 1.807) is 0 Å². The highest BCUT2D eigenvalue weighted by molar-refractivity contribution is 7.25. The van der Waals surface area contributed by atoms with E-state index in [2.05, 4.69) is 276 Å². The zero-order valence-corrected chi connectivity index (χ0v) is 39.0. The van der Waals surface area contributed by atoms with Crippen LogP contribution >= 0.6 is 11.3 Å². The number of aromatic nitrogens is 1. The van der Waals surface area contributed by atoms with Gasteiger partial charge in [0.2, 0.25) is 0 Å². The van der Waals surface area contributed by atoms with Crippen LogP contribution in [0.25, 0.3) is 81.0 Å². The molecule has 0 unspecified atom stereocenters. The second-order valence-electron chi connectivity index (χ2n) is 18.4. The van der Waals surface area contributed by atoms with Crippen LogP contribution in [0, 0.1) is 0 Å². The zero-order valence-electron chi connectivity index (χ0n) is 38.2. The van der Waals surface area contributed by atoms with Gasteiger partial charge in [0.05, 0.1) is 16.4 Å². The van der Waals surface area contributed by atoms with Crippen molar-refractivity contribution in [1.29, 1.82) is 0 Å². The number of para-hydroxylation sites is 1. The van der Waals surface area contributed by atoms with Crippen LogP contribution in [-0.4, -0.2) is 4.57 Å². The fourth-order valence-corrected chi connectivity index (χ4v) is 12.6. The molecule has 1 aliphatic rings. The molecule has 0 aliphatic heterocycles. The monoisotopic (exact) mass is 908 g/mol. The molecule has 0 N–H and O–H groups in total. The normalized spacial score (nSPS) is 12.7. The summed E-state index contributed by atoms with van der Waals surface area (Å²) in [5.74, 6) is 0. The minimum absolute atomic E-state index is 0.494. The van der Waals surface area contributed by atoms with Gasteiger partial charge in [-0.3, -0.25) is 0 Å². The molecule has 0 saturated heterocycles. The van der Waals surface area contributed by atoms with Gasteiger partial charge in [-0.25, -0.2) is 0 Å². The number of fused-ring (bicyclic) bond motifs is 9. The van der Waals surface area contributed by atoms with Crippen LogP contribution in [0.4, 0.5) is 17.1 Å². The molecule has 0 saturated carbocycles. The van der Waals surface area contributed by atoms with E-state index in [1.807, 2.05) is 11.3 Å². The Morgan fingerprint density at radius 1 is 0.314 bits per heavy atom. The topological polar surface area (TPSA) is 8.17 Å². The van der Waals surface area contributed by atoms with Crippen molar-refractivity contribution in [1.82, 2.24) is 4.57 Å². The molecule has 0 spiro atoms. The molecule has 2 heterocycles. The summed E-state index contributed by atoms with van der Waals surface area (Å²) in [6.07, 6.45) is 0. The van der Waals surface area contributed by atoms with Crippen LogP contribution in [0.1, 0.15) is 22.3 Å². The van der Waals surface area contributed by atoms with Crippen molar-refractivity contribution < 1.29 is 0 Å². The lowest BCUT2D eigenvalue weighted by molar-refractivity contribution is 0.770. The maximum atomic E-state index is 2.49. The van der Waals surface area contributed by atoms with Crippen LogP contribution in [0.5, 0.6) is 0 Å². The number of rotatable bonds is 8. The lowest BCUT2D eigenvalue weighted by atomic mass is 9.67. The minimum Gasteiger partial charge on any atom is -0.310 e. The van der Waals surface area contributed by atoms with Crippen molar-refractivity contribution in [2.24, 2.45) is 0 Å². The maximum Gasteiger partial charge on any atom is 0.0713 e. The SMILES string of the molecule is c1ccc(-c2ccc(N(c3ccc(-c4ccc5c(c4)c4cc(C6(c7ccccc7)c7ccccc7-c7ccccc76)ccc4n5-c4ccccc4)cc3)c3ccc4sc5ccccc5c4c3)cc2)cc1. The number of benzene rings is 11. The van der Waals surface area contributed by atoms with Gasteiger partial charge in [-0.1, -0.05) is 182 Å². The molecule has 0 bridgehead atoms. The van der Waals surface area contributed by atoms with Gasteiger partial charge < -0.3 is 9.47 Å². The van der Waals surface area contributed by atoms with Crippen LogP contribution < -0.4 is 4.90 Å². The van der Waals surface area contributed by atoms with Crippen LogP contribution in [-0.2, 0) is 5.41 Å². The molecule has 14 rings (SSSR count). The number of nitrogens with zero attached hydrogens (tertiary/aromatic N) is 2. The van der Waals surface area contributed by atoms with Crippen molar-refractivity contribution >= 4 is 70.4 Å². The third kappa shape index (κ3) is 6.25. The Hall–Kier alpha value is -8.76. The smallest absolute Gasteiger partial charge is 0.0713 e. The molecule has 0 radical (unpaired) electrons. The Morgan fingerprint density at radius 2 is 0.814 bits per heavy atom. The number of hydrogen-bond donors (Lipinski definition) is 0. The van der Waals surface area contributed by atoms with Crippen LogP contribution in [0.2, 0.25) is 0 Å². The number of hydrogen-bond acceptors (Lipinski definition) is 2. The number of thiophene rings is 1. The fourth-order valence-electron chi connectivity index (χ4n) is 11.5. The Morgan fingerprint density at radius 3 is 1.50 bits per heavy atom. The van der Waals surface area contributed by atoms with Gasteiger partial charge in [-0.05, 0) is 141 Å². The van der Waals surface area contributed by atoms with Gasteiger partial charge in [0.15, 0.2) is 0 Å². The van der Waals surface area contributed by atoms with Crippen molar-refractivity contribution in [2.45, 2.75) is 5.41 Å². The molecule has 3 heteroatoms. The minimum atomic E-state index is -0.494. The Bertz CT molecular complexity index is 4050. The third-order valence-electron chi connectivity index (χ3n) is 14.7. The third-order valence-corrected chi connectivity index (χ3v) is 15.8. The highest BCUT2D eigenvalue weighted by Gasteiger charge is 2.46. The summed E-state index contributed by atoms with van der Waals surface area (Å²) < 4.78 is 5.04. The molecule has 0 fully saturated rings. The van der Waals surface area contributed by atoms with E-state index in [-0.39, 0.29) is 0 Å². The standard InChI is InChI=1S/C67H44N2S/c1-4-16-45(17-5-1)46-28-34-52(35-29-46)68(54-38-41-66-60(44-54)57-24-12-15-27-65(57)70-66)53-36-30-47(31-37-53)48-32-39-63-58(42-48)59-43-50(33-40-64(59)69(63)51-20-8-3-9-21-51)67(49-18-6-2-7-19-49)61-25-13-10-22-55(61)56-23-11-14-26-62(56)67/h1-44H. The average molecular weight is 909 g/mol. The number of anilines is 3. The van der Waals surface area contributed by atoms with Crippen molar-refractivity contribution in [3.8, 4) is 39.1 Å². The van der Waals surface area contributed by atoms with E-state index in [0.717, 1.165) is 22.7 Å². The molecule has 328 valence electrons. The van der Waals surface area contributed by atoms with Crippen molar-refractivity contribution in [2.75, 3.05) is 4.90 Å². The molecule has 2 aromatic heterocycles. The molecule has 0 amide bonds. The van der Waals surface area contributed by atoms with Gasteiger partial charge in [-0.2, -0.15) is 0 Å². The summed E-state index contributed by atoms with van der Waals surface area (Å²) in [5, 5.41) is 5.03. The Kier molecular flexibility index (Phi) is 9.33. The van der Waals surface area contributed by atoms with E-state index < -0.39 is 5.41 Å². The van der Waals surface area contributed by atoms with Crippen molar-refractivity contribution in [3.63, 3.8) is 0 Å². The summed E-state index contributed by atoms with van der Waals surface area (Å²) in [7, 11) is 0. The van der Waals surface area contributed by atoms with E-state index in [0.29, 0.717) is 0 Å². The summed E-state index contributed by atoms with van der Waals surface area (Å²) in [6.45, 7) is 0. The Labute approximate surface area is 411 Å². The highest BCUT2D eigenvalue weighted by Crippen LogP contribution is 2.56. The molecule has 13 aromatic rings.